The Morgan fingerprint density at radius 2 is 1.75 bits per heavy atom. The zero-order valence-electron chi connectivity index (χ0n) is 9.43. The SMILES string of the molecule is CC[C@@H](C)NCc1ccc(C(F)(F)F)cc1. The standard InChI is InChI=1S/C12H16F3N/c1-3-9(2)16-8-10-4-6-11(7-5-10)12(13,14)15/h4-7,9,16H,3,8H2,1-2H3/t9-/m1/s1. The average Bonchev–Trinajstić information content (AvgIpc) is 2.25. The van der Waals surface area contributed by atoms with Crippen LogP contribution in [0.15, 0.2) is 24.3 Å². The van der Waals surface area contributed by atoms with Crippen molar-refractivity contribution in [3.63, 3.8) is 0 Å². The molecule has 0 fully saturated rings. The summed E-state index contributed by atoms with van der Waals surface area (Å²) in [4.78, 5) is 0. The first-order valence-corrected chi connectivity index (χ1v) is 5.33. The Kier molecular flexibility index (Phi) is 4.35. The molecule has 0 radical (unpaired) electrons. The molecule has 16 heavy (non-hydrogen) atoms. The van der Waals surface area contributed by atoms with Crippen molar-refractivity contribution >= 4 is 0 Å². The van der Waals surface area contributed by atoms with Crippen molar-refractivity contribution in [1.82, 2.24) is 5.32 Å². The maximum Gasteiger partial charge on any atom is 0.416 e. The second-order valence-electron chi connectivity index (χ2n) is 3.88. The Hall–Kier alpha value is -1.03. The van der Waals surface area contributed by atoms with Crippen LogP contribution in [0.2, 0.25) is 0 Å². The van der Waals surface area contributed by atoms with Crippen molar-refractivity contribution in [2.24, 2.45) is 0 Å². The van der Waals surface area contributed by atoms with E-state index >= 15 is 0 Å². The first-order chi connectivity index (χ1) is 7.43. The third-order valence-electron chi connectivity index (χ3n) is 2.55. The smallest absolute Gasteiger partial charge is 0.310 e. The van der Waals surface area contributed by atoms with Gasteiger partial charge in [-0.2, -0.15) is 13.2 Å². The molecular formula is C12H16F3N. The minimum Gasteiger partial charge on any atom is -0.310 e. The molecule has 0 bridgehead atoms. The quantitative estimate of drug-likeness (QED) is 0.835. The predicted molar refractivity (Wildman–Crippen MR) is 58.0 cm³/mol. The molecule has 1 aromatic carbocycles. The second kappa shape index (κ2) is 5.34. The van der Waals surface area contributed by atoms with E-state index in [4.69, 9.17) is 0 Å². The monoisotopic (exact) mass is 231 g/mol. The highest BCUT2D eigenvalue weighted by molar-refractivity contribution is 5.24. The Bertz CT molecular complexity index is 316. The minimum atomic E-state index is -4.25. The van der Waals surface area contributed by atoms with E-state index in [1.807, 2.05) is 6.92 Å². The fourth-order valence-electron chi connectivity index (χ4n) is 1.25. The maximum absolute atomic E-state index is 12.3. The third kappa shape index (κ3) is 3.85. The van der Waals surface area contributed by atoms with Crippen molar-refractivity contribution in [3.05, 3.63) is 35.4 Å². The van der Waals surface area contributed by atoms with Gasteiger partial charge in [0.05, 0.1) is 5.56 Å². The van der Waals surface area contributed by atoms with Crippen molar-refractivity contribution in [1.29, 1.82) is 0 Å². The topological polar surface area (TPSA) is 12.0 Å². The van der Waals surface area contributed by atoms with E-state index < -0.39 is 11.7 Å². The highest BCUT2D eigenvalue weighted by Crippen LogP contribution is 2.28. The van der Waals surface area contributed by atoms with Crippen LogP contribution in [-0.2, 0) is 12.7 Å². The molecule has 0 aromatic heterocycles. The average molecular weight is 231 g/mol. The van der Waals surface area contributed by atoms with Gasteiger partial charge < -0.3 is 5.32 Å². The Labute approximate surface area is 93.7 Å². The summed E-state index contributed by atoms with van der Waals surface area (Å²) < 4.78 is 36.8. The van der Waals surface area contributed by atoms with Crippen LogP contribution in [-0.4, -0.2) is 6.04 Å². The molecule has 1 rings (SSSR count). The number of hydrogen-bond acceptors (Lipinski definition) is 1. The second-order valence-corrected chi connectivity index (χ2v) is 3.88. The summed E-state index contributed by atoms with van der Waals surface area (Å²) >= 11 is 0. The van der Waals surface area contributed by atoms with Gasteiger partial charge in [0.1, 0.15) is 0 Å². The van der Waals surface area contributed by atoms with Crippen LogP contribution in [0.5, 0.6) is 0 Å². The summed E-state index contributed by atoms with van der Waals surface area (Å²) in [6, 6.07) is 5.64. The lowest BCUT2D eigenvalue weighted by Gasteiger charge is -2.12. The Balaban J connectivity index is 2.58. The molecule has 90 valence electrons. The van der Waals surface area contributed by atoms with Gasteiger partial charge in [0.25, 0.3) is 0 Å². The zero-order chi connectivity index (χ0) is 12.2. The van der Waals surface area contributed by atoms with E-state index in [-0.39, 0.29) is 0 Å². The van der Waals surface area contributed by atoms with Gasteiger partial charge in [-0.1, -0.05) is 19.1 Å². The number of halogens is 3. The summed E-state index contributed by atoms with van der Waals surface area (Å²) in [5, 5.41) is 3.23. The Morgan fingerprint density at radius 3 is 2.19 bits per heavy atom. The summed E-state index contributed by atoms with van der Waals surface area (Å²) in [7, 11) is 0. The third-order valence-corrected chi connectivity index (χ3v) is 2.55. The fourth-order valence-corrected chi connectivity index (χ4v) is 1.25. The molecule has 1 aromatic rings. The van der Waals surface area contributed by atoms with E-state index in [2.05, 4.69) is 12.2 Å². The van der Waals surface area contributed by atoms with Gasteiger partial charge in [-0.15, -0.1) is 0 Å². The molecule has 0 heterocycles. The number of benzene rings is 1. The number of hydrogen-bond donors (Lipinski definition) is 1. The summed E-state index contributed by atoms with van der Waals surface area (Å²) in [5.41, 5.74) is 0.271. The van der Waals surface area contributed by atoms with Crippen LogP contribution in [0.4, 0.5) is 13.2 Å². The van der Waals surface area contributed by atoms with Crippen LogP contribution in [0.25, 0.3) is 0 Å². The van der Waals surface area contributed by atoms with Crippen LogP contribution < -0.4 is 5.32 Å². The molecule has 0 aliphatic heterocycles. The molecule has 1 nitrogen and oxygen atoms in total. The molecule has 4 heteroatoms. The highest BCUT2D eigenvalue weighted by Gasteiger charge is 2.29. The first kappa shape index (κ1) is 13.0. The van der Waals surface area contributed by atoms with Crippen LogP contribution >= 0.6 is 0 Å². The van der Waals surface area contributed by atoms with E-state index in [0.717, 1.165) is 24.1 Å². The molecule has 0 saturated carbocycles. The maximum atomic E-state index is 12.3. The lowest BCUT2D eigenvalue weighted by molar-refractivity contribution is -0.137. The molecular weight excluding hydrogens is 215 g/mol. The Morgan fingerprint density at radius 1 is 1.19 bits per heavy atom. The van der Waals surface area contributed by atoms with E-state index in [9.17, 15) is 13.2 Å². The van der Waals surface area contributed by atoms with Crippen molar-refractivity contribution in [2.75, 3.05) is 0 Å². The van der Waals surface area contributed by atoms with Gasteiger partial charge in [0.15, 0.2) is 0 Å². The molecule has 0 unspecified atom stereocenters. The fraction of sp³-hybridized carbons (Fsp3) is 0.500. The summed E-state index contributed by atoms with van der Waals surface area (Å²) in [6.45, 7) is 4.71. The first-order valence-electron chi connectivity index (χ1n) is 5.33. The van der Waals surface area contributed by atoms with E-state index in [1.165, 1.54) is 12.1 Å². The van der Waals surface area contributed by atoms with E-state index in [1.54, 1.807) is 0 Å². The van der Waals surface area contributed by atoms with Crippen molar-refractivity contribution < 1.29 is 13.2 Å². The van der Waals surface area contributed by atoms with Gasteiger partial charge in [-0.25, -0.2) is 0 Å². The van der Waals surface area contributed by atoms with Crippen molar-refractivity contribution in [3.8, 4) is 0 Å². The molecule has 0 spiro atoms. The molecule has 0 aliphatic rings. The van der Waals surface area contributed by atoms with E-state index in [0.29, 0.717) is 12.6 Å². The van der Waals surface area contributed by atoms with Gasteiger partial charge in [-0.3, -0.25) is 0 Å². The van der Waals surface area contributed by atoms with Gasteiger partial charge in [0, 0.05) is 12.6 Å². The number of nitrogens with one attached hydrogen (secondary N) is 1. The largest absolute Gasteiger partial charge is 0.416 e. The normalized spacial score (nSPS) is 13.8. The van der Waals surface area contributed by atoms with Crippen LogP contribution in [0, 0.1) is 0 Å². The van der Waals surface area contributed by atoms with Crippen LogP contribution in [0.3, 0.4) is 0 Å². The zero-order valence-corrected chi connectivity index (χ0v) is 9.43. The molecule has 0 aliphatic carbocycles. The lowest BCUT2D eigenvalue weighted by atomic mass is 10.1. The van der Waals surface area contributed by atoms with Gasteiger partial charge in [0.2, 0.25) is 0 Å². The number of rotatable bonds is 4. The summed E-state index contributed by atoms with van der Waals surface area (Å²) in [6.07, 6.45) is -3.25. The molecule has 0 saturated heterocycles. The molecule has 1 atom stereocenters. The van der Waals surface area contributed by atoms with Crippen LogP contribution in [0.1, 0.15) is 31.4 Å². The minimum absolute atomic E-state index is 0.377. The van der Waals surface area contributed by atoms with Gasteiger partial charge in [-0.05, 0) is 31.0 Å². The molecule has 0 amide bonds. The number of alkyl halides is 3. The summed E-state index contributed by atoms with van der Waals surface area (Å²) in [5.74, 6) is 0. The predicted octanol–water partition coefficient (Wildman–Crippen LogP) is 3.59. The van der Waals surface area contributed by atoms with Crippen molar-refractivity contribution in [2.45, 2.75) is 39.0 Å². The van der Waals surface area contributed by atoms with Gasteiger partial charge >= 0.3 is 6.18 Å². The highest BCUT2D eigenvalue weighted by atomic mass is 19.4. The lowest BCUT2D eigenvalue weighted by Crippen LogP contribution is -2.24. The molecule has 1 N–H and O–H groups in total.